The molecule has 1 aliphatic rings. The molecule has 1 heterocycles. The summed E-state index contributed by atoms with van der Waals surface area (Å²) in [6, 6.07) is 10.8. The lowest BCUT2D eigenvalue weighted by Crippen LogP contribution is -2.21. The van der Waals surface area contributed by atoms with Gasteiger partial charge in [-0.25, -0.2) is 4.39 Å². The van der Waals surface area contributed by atoms with Crippen molar-refractivity contribution in [3.63, 3.8) is 0 Å². The molecular formula is C17H15BrClFN2. The minimum absolute atomic E-state index is 0.188. The van der Waals surface area contributed by atoms with Crippen LogP contribution in [0.15, 0.2) is 45.9 Å². The van der Waals surface area contributed by atoms with Gasteiger partial charge in [0.25, 0.3) is 0 Å². The molecule has 2 aromatic carbocycles. The number of amidine groups is 1. The van der Waals surface area contributed by atoms with Gasteiger partial charge in [0.1, 0.15) is 11.7 Å². The number of hydrogen-bond donors (Lipinski definition) is 1. The molecule has 0 amide bonds. The van der Waals surface area contributed by atoms with E-state index in [0.29, 0.717) is 23.4 Å². The highest BCUT2D eigenvalue weighted by Crippen LogP contribution is 2.24. The van der Waals surface area contributed by atoms with Crippen molar-refractivity contribution in [2.75, 3.05) is 13.1 Å². The number of rotatable bonds is 4. The summed E-state index contributed by atoms with van der Waals surface area (Å²) in [7, 11) is 0. The Hall–Kier alpha value is -1.39. The van der Waals surface area contributed by atoms with Gasteiger partial charge in [0, 0.05) is 21.6 Å². The first-order valence-corrected chi connectivity index (χ1v) is 8.32. The second-order valence-corrected chi connectivity index (χ2v) is 6.45. The Morgan fingerprint density at radius 1 is 1.23 bits per heavy atom. The first-order chi connectivity index (χ1) is 10.6. The molecule has 1 N–H and O–H groups in total. The largest absolute Gasteiger partial charge is 0.368 e. The zero-order valence-corrected chi connectivity index (χ0v) is 14.2. The maximum atomic E-state index is 14.3. The maximum absolute atomic E-state index is 14.3. The average molecular weight is 382 g/mol. The summed E-state index contributed by atoms with van der Waals surface area (Å²) >= 11 is 9.56. The third-order valence-corrected chi connectivity index (χ3v) is 4.71. The van der Waals surface area contributed by atoms with Gasteiger partial charge in [-0.05, 0) is 48.2 Å². The standard InChI is InChI=1S/C17H15BrClFN2/c18-15-7-5-12(19)10-11(15)4-6-13-14(2-1-3-16(13)20)17-21-8-9-22-17/h1-3,5,7,10H,4,6,8-9H2,(H,21,22). The fourth-order valence-corrected chi connectivity index (χ4v) is 3.25. The van der Waals surface area contributed by atoms with Gasteiger partial charge < -0.3 is 5.32 Å². The number of aryl methyl sites for hydroxylation is 1. The summed E-state index contributed by atoms with van der Waals surface area (Å²) in [5.74, 6) is 0.603. The molecule has 0 bridgehead atoms. The molecule has 0 unspecified atom stereocenters. The molecule has 1 aliphatic heterocycles. The average Bonchev–Trinajstić information content (AvgIpc) is 3.03. The number of nitrogens with one attached hydrogen (secondary N) is 1. The third kappa shape index (κ3) is 3.33. The van der Waals surface area contributed by atoms with E-state index in [4.69, 9.17) is 11.6 Å². The summed E-state index contributed by atoms with van der Waals surface area (Å²) in [6.07, 6.45) is 1.31. The molecule has 5 heteroatoms. The van der Waals surface area contributed by atoms with Crippen molar-refractivity contribution < 1.29 is 4.39 Å². The maximum Gasteiger partial charge on any atom is 0.128 e. The quantitative estimate of drug-likeness (QED) is 0.835. The minimum atomic E-state index is -0.188. The highest BCUT2D eigenvalue weighted by molar-refractivity contribution is 9.10. The zero-order valence-electron chi connectivity index (χ0n) is 11.9. The fraction of sp³-hybridized carbons (Fsp3) is 0.235. The SMILES string of the molecule is Fc1cccc(C2=NCCN2)c1CCc1cc(Cl)ccc1Br. The molecular weight excluding hydrogens is 367 g/mol. The van der Waals surface area contributed by atoms with E-state index in [0.717, 1.165) is 34.5 Å². The van der Waals surface area contributed by atoms with Crippen molar-refractivity contribution in [1.82, 2.24) is 5.32 Å². The van der Waals surface area contributed by atoms with Crippen molar-refractivity contribution in [2.45, 2.75) is 12.8 Å². The highest BCUT2D eigenvalue weighted by atomic mass is 79.9. The van der Waals surface area contributed by atoms with Gasteiger partial charge in [-0.3, -0.25) is 4.99 Å². The van der Waals surface area contributed by atoms with Crippen LogP contribution in [0.5, 0.6) is 0 Å². The van der Waals surface area contributed by atoms with Crippen molar-refractivity contribution in [1.29, 1.82) is 0 Å². The van der Waals surface area contributed by atoms with Crippen LogP contribution in [0.1, 0.15) is 16.7 Å². The van der Waals surface area contributed by atoms with Gasteiger partial charge in [0.2, 0.25) is 0 Å². The summed E-state index contributed by atoms with van der Waals surface area (Å²) < 4.78 is 15.3. The molecule has 2 aromatic rings. The summed E-state index contributed by atoms with van der Waals surface area (Å²) in [4.78, 5) is 4.40. The van der Waals surface area contributed by atoms with E-state index in [9.17, 15) is 4.39 Å². The fourth-order valence-electron chi connectivity index (χ4n) is 2.61. The molecule has 0 radical (unpaired) electrons. The molecule has 22 heavy (non-hydrogen) atoms. The molecule has 0 saturated heterocycles. The van der Waals surface area contributed by atoms with Crippen LogP contribution >= 0.6 is 27.5 Å². The first kappa shape index (κ1) is 15.5. The van der Waals surface area contributed by atoms with E-state index < -0.39 is 0 Å². The number of hydrogen-bond acceptors (Lipinski definition) is 2. The number of nitrogens with zero attached hydrogens (tertiary/aromatic N) is 1. The molecule has 0 aliphatic carbocycles. The van der Waals surface area contributed by atoms with E-state index >= 15 is 0 Å². The second kappa shape index (κ2) is 6.80. The van der Waals surface area contributed by atoms with E-state index in [1.807, 2.05) is 24.3 Å². The summed E-state index contributed by atoms with van der Waals surface area (Å²) in [5.41, 5.74) is 2.63. The molecule has 0 saturated carbocycles. The van der Waals surface area contributed by atoms with Gasteiger partial charge in [0.15, 0.2) is 0 Å². The smallest absolute Gasteiger partial charge is 0.128 e. The lowest BCUT2D eigenvalue weighted by Gasteiger charge is -2.12. The molecule has 2 nitrogen and oxygen atoms in total. The molecule has 0 spiro atoms. The Balaban J connectivity index is 1.87. The molecule has 0 aromatic heterocycles. The van der Waals surface area contributed by atoms with Crippen LogP contribution < -0.4 is 5.32 Å². The van der Waals surface area contributed by atoms with Crippen LogP contribution in [0.3, 0.4) is 0 Å². The van der Waals surface area contributed by atoms with E-state index in [2.05, 4.69) is 26.2 Å². The van der Waals surface area contributed by atoms with Gasteiger partial charge in [-0.15, -0.1) is 0 Å². The zero-order chi connectivity index (χ0) is 15.5. The van der Waals surface area contributed by atoms with Gasteiger partial charge >= 0.3 is 0 Å². The summed E-state index contributed by atoms with van der Waals surface area (Å²) in [5, 5.41) is 3.90. The lowest BCUT2D eigenvalue weighted by atomic mass is 9.98. The Labute approximate surface area is 142 Å². The number of aliphatic imine (C=N–C) groups is 1. The van der Waals surface area contributed by atoms with Crippen LogP contribution in [0.4, 0.5) is 4.39 Å². The number of benzene rings is 2. The Morgan fingerprint density at radius 2 is 2.09 bits per heavy atom. The van der Waals surface area contributed by atoms with Crippen LogP contribution in [0.2, 0.25) is 5.02 Å². The first-order valence-electron chi connectivity index (χ1n) is 7.15. The Bertz CT molecular complexity index is 731. The van der Waals surface area contributed by atoms with E-state index in [1.165, 1.54) is 6.07 Å². The highest BCUT2D eigenvalue weighted by Gasteiger charge is 2.16. The van der Waals surface area contributed by atoms with Crippen molar-refractivity contribution in [2.24, 2.45) is 4.99 Å². The van der Waals surface area contributed by atoms with Gasteiger partial charge in [-0.2, -0.15) is 0 Å². The predicted molar refractivity (Wildman–Crippen MR) is 92.4 cm³/mol. The Kier molecular flexibility index (Phi) is 4.79. The number of halogens is 3. The monoisotopic (exact) mass is 380 g/mol. The van der Waals surface area contributed by atoms with E-state index in [1.54, 1.807) is 6.07 Å². The van der Waals surface area contributed by atoms with Crippen molar-refractivity contribution in [3.8, 4) is 0 Å². The van der Waals surface area contributed by atoms with Crippen molar-refractivity contribution in [3.05, 3.63) is 68.4 Å². The molecule has 0 atom stereocenters. The lowest BCUT2D eigenvalue weighted by molar-refractivity contribution is 0.608. The molecule has 114 valence electrons. The van der Waals surface area contributed by atoms with Crippen molar-refractivity contribution >= 4 is 33.4 Å². The normalized spacial score (nSPS) is 13.9. The molecule has 0 fully saturated rings. The van der Waals surface area contributed by atoms with Crippen LogP contribution in [0.25, 0.3) is 0 Å². The van der Waals surface area contributed by atoms with Gasteiger partial charge in [0.05, 0.1) is 6.54 Å². The second-order valence-electron chi connectivity index (χ2n) is 5.16. The van der Waals surface area contributed by atoms with Crippen LogP contribution in [-0.2, 0) is 12.8 Å². The van der Waals surface area contributed by atoms with Crippen LogP contribution in [0, 0.1) is 5.82 Å². The molecule has 3 rings (SSSR count). The summed E-state index contributed by atoms with van der Waals surface area (Å²) in [6.45, 7) is 1.55. The predicted octanol–water partition coefficient (Wildman–Crippen LogP) is 4.38. The minimum Gasteiger partial charge on any atom is -0.368 e. The van der Waals surface area contributed by atoms with E-state index in [-0.39, 0.29) is 5.82 Å². The Morgan fingerprint density at radius 3 is 2.86 bits per heavy atom. The van der Waals surface area contributed by atoms with Crippen LogP contribution in [-0.4, -0.2) is 18.9 Å². The third-order valence-electron chi connectivity index (χ3n) is 3.70. The van der Waals surface area contributed by atoms with Gasteiger partial charge in [-0.1, -0.05) is 39.7 Å². The topological polar surface area (TPSA) is 24.4 Å².